The Morgan fingerprint density at radius 1 is 1.50 bits per heavy atom. The predicted octanol–water partition coefficient (Wildman–Crippen LogP) is 2.76. The minimum absolute atomic E-state index is 0.662. The van der Waals surface area contributed by atoms with Gasteiger partial charge in [-0.3, -0.25) is 4.79 Å². The van der Waals surface area contributed by atoms with Crippen molar-refractivity contribution in [3.8, 4) is 0 Å². The number of carbonyl (C=O) groups excluding carboxylic acids is 1. The number of hydrogen-bond donors (Lipinski definition) is 0. The van der Waals surface area contributed by atoms with E-state index in [2.05, 4.69) is 22.6 Å². The van der Waals surface area contributed by atoms with Crippen molar-refractivity contribution >= 4 is 40.5 Å². The third-order valence-electron chi connectivity index (χ3n) is 1.09. The maximum absolute atomic E-state index is 10.3. The van der Waals surface area contributed by atoms with Crippen molar-refractivity contribution in [3.05, 3.63) is 32.4 Å². The number of halogens is 2. The van der Waals surface area contributed by atoms with E-state index in [0.29, 0.717) is 10.6 Å². The van der Waals surface area contributed by atoms with Crippen LogP contribution in [-0.2, 0) is 0 Å². The molecule has 0 aliphatic rings. The summed E-state index contributed by atoms with van der Waals surface area (Å²) in [4.78, 5) is 10.3. The zero-order valence-electron chi connectivity index (χ0n) is 4.97. The lowest BCUT2D eigenvalue weighted by Gasteiger charge is -1.94. The van der Waals surface area contributed by atoms with Gasteiger partial charge in [0.05, 0.1) is 0 Å². The highest BCUT2D eigenvalue weighted by atomic mass is 127. The van der Waals surface area contributed by atoms with Crippen LogP contribution in [0, 0.1) is 3.57 Å². The zero-order valence-corrected chi connectivity index (χ0v) is 7.89. The molecule has 1 aromatic rings. The first-order valence-corrected chi connectivity index (χ1v) is 4.10. The van der Waals surface area contributed by atoms with Gasteiger partial charge in [-0.1, -0.05) is 11.6 Å². The predicted molar refractivity (Wildman–Crippen MR) is 49.6 cm³/mol. The molecule has 0 heterocycles. The van der Waals surface area contributed by atoms with Crippen LogP contribution in [0.15, 0.2) is 18.2 Å². The van der Waals surface area contributed by atoms with Gasteiger partial charge in [-0.25, -0.2) is 0 Å². The molecule has 0 atom stereocenters. The van der Waals surface area contributed by atoms with Crippen LogP contribution in [0.25, 0.3) is 0 Å². The fourth-order valence-corrected chi connectivity index (χ4v) is 1.60. The van der Waals surface area contributed by atoms with Gasteiger partial charge < -0.3 is 0 Å². The Balaban J connectivity index is 3.19. The second-order valence-electron chi connectivity index (χ2n) is 1.78. The SMILES string of the molecule is O=Cc1ccc(Cl)cc1I. The molecule has 0 N–H and O–H groups in total. The van der Waals surface area contributed by atoms with Crippen LogP contribution < -0.4 is 0 Å². The second-order valence-corrected chi connectivity index (χ2v) is 3.38. The minimum Gasteiger partial charge on any atom is -0.298 e. The summed E-state index contributed by atoms with van der Waals surface area (Å²) in [5.74, 6) is 0. The van der Waals surface area contributed by atoms with Crippen molar-refractivity contribution < 1.29 is 4.79 Å². The van der Waals surface area contributed by atoms with E-state index in [0.717, 1.165) is 9.86 Å². The molecule has 0 saturated heterocycles. The molecule has 1 nitrogen and oxygen atoms in total. The first-order chi connectivity index (χ1) is 4.74. The number of benzene rings is 1. The number of hydrogen-bond acceptors (Lipinski definition) is 1. The Morgan fingerprint density at radius 2 is 2.20 bits per heavy atom. The molecule has 0 spiro atoms. The molecule has 0 aliphatic heterocycles. The van der Waals surface area contributed by atoms with Gasteiger partial charge in [0.15, 0.2) is 6.29 Å². The highest BCUT2D eigenvalue weighted by Crippen LogP contribution is 2.16. The smallest absolute Gasteiger partial charge is 0.151 e. The lowest BCUT2D eigenvalue weighted by Crippen LogP contribution is -1.83. The molecule has 0 amide bonds. The first-order valence-electron chi connectivity index (χ1n) is 2.64. The molecule has 0 unspecified atom stereocenters. The molecule has 1 rings (SSSR count). The number of carbonyl (C=O) groups is 1. The third kappa shape index (κ3) is 1.70. The molecule has 0 aliphatic carbocycles. The molecule has 0 fully saturated rings. The van der Waals surface area contributed by atoms with Crippen molar-refractivity contribution in [1.29, 1.82) is 0 Å². The summed E-state index contributed by atoms with van der Waals surface area (Å²) in [6.07, 6.45) is 0.818. The Labute approximate surface area is 77.5 Å². The van der Waals surface area contributed by atoms with Gasteiger partial charge in [-0.05, 0) is 40.8 Å². The molecular formula is C7H4ClIO. The summed E-state index contributed by atoms with van der Waals surface area (Å²) in [6, 6.07) is 5.16. The van der Waals surface area contributed by atoms with Gasteiger partial charge >= 0.3 is 0 Å². The van der Waals surface area contributed by atoms with Gasteiger partial charge in [0.2, 0.25) is 0 Å². The normalized spacial score (nSPS) is 9.40. The third-order valence-corrected chi connectivity index (χ3v) is 2.26. The lowest BCUT2D eigenvalue weighted by molar-refractivity contribution is 0.112. The lowest BCUT2D eigenvalue weighted by atomic mass is 10.2. The van der Waals surface area contributed by atoms with Crippen LogP contribution in [0.2, 0.25) is 5.02 Å². The van der Waals surface area contributed by atoms with Crippen LogP contribution in [0.1, 0.15) is 10.4 Å². The van der Waals surface area contributed by atoms with E-state index in [9.17, 15) is 4.79 Å². The van der Waals surface area contributed by atoms with E-state index in [-0.39, 0.29) is 0 Å². The van der Waals surface area contributed by atoms with Crippen molar-refractivity contribution in [2.24, 2.45) is 0 Å². The van der Waals surface area contributed by atoms with Crippen LogP contribution >= 0.6 is 34.2 Å². The maximum atomic E-state index is 10.3. The van der Waals surface area contributed by atoms with Crippen molar-refractivity contribution in [3.63, 3.8) is 0 Å². The molecule has 3 heteroatoms. The fraction of sp³-hybridized carbons (Fsp3) is 0. The molecule has 52 valence electrons. The van der Waals surface area contributed by atoms with Gasteiger partial charge in [0.1, 0.15) is 0 Å². The average molecular weight is 266 g/mol. The molecular weight excluding hydrogens is 262 g/mol. The topological polar surface area (TPSA) is 17.1 Å². The summed E-state index contributed by atoms with van der Waals surface area (Å²) >= 11 is 7.72. The molecule has 0 bridgehead atoms. The molecule has 0 aromatic heterocycles. The molecule has 1 aromatic carbocycles. The van der Waals surface area contributed by atoms with Crippen LogP contribution in [-0.4, -0.2) is 6.29 Å². The van der Waals surface area contributed by atoms with E-state index < -0.39 is 0 Å². The summed E-state index contributed by atoms with van der Waals surface area (Å²) in [5, 5.41) is 0.662. The summed E-state index contributed by atoms with van der Waals surface area (Å²) in [5.41, 5.74) is 0.685. The van der Waals surface area contributed by atoms with Crippen molar-refractivity contribution in [1.82, 2.24) is 0 Å². The number of rotatable bonds is 1. The number of aldehydes is 1. The van der Waals surface area contributed by atoms with Gasteiger partial charge in [-0.2, -0.15) is 0 Å². The van der Waals surface area contributed by atoms with Crippen molar-refractivity contribution in [2.75, 3.05) is 0 Å². The Hall–Kier alpha value is -0.0900. The summed E-state index contributed by atoms with van der Waals surface area (Å²) in [6.45, 7) is 0. The fourth-order valence-electron chi connectivity index (χ4n) is 0.597. The summed E-state index contributed by atoms with van der Waals surface area (Å²) in [7, 11) is 0. The van der Waals surface area contributed by atoms with E-state index in [4.69, 9.17) is 11.6 Å². The highest BCUT2D eigenvalue weighted by molar-refractivity contribution is 14.1. The van der Waals surface area contributed by atoms with Crippen LogP contribution in [0.4, 0.5) is 0 Å². The Kier molecular flexibility index (Phi) is 2.68. The largest absolute Gasteiger partial charge is 0.298 e. The van der Waals surface area contributed by atoms with Gasteiger partial charge in [0.25, 0.3) is 0 Å². The van der Waals surface area contributed by atoms with E-state index in [1.165, 1.54) is 0 Å². The zero-order chi connectivity index (χ0) is 7.56. The highest BCUT2D eigenvalue weighted by Gasteiger charge is 1.96. The van der Waals surface area contributed by atoms with E-state index >= 15 is 0 Å². The van der Waals surface area contributed by atoms with Crippen molar-refractivity contribution in [2.45, 2.75) is 0 Å². The molecule has 0 radical (unpaired) electrons. The minimum atomic E-state index is 0.662. The second kappa shape index (κ2) is 3.34. The quantitative estimate of drug-likeness (QED) is 0.564. The Bertz CT molecular complexity index is 260. The summed E-state index contributed by atoms with van der Waals surface area (Å²) < 4.78 is 0.889. The average Bonchev–Trinajstić information content (AvgIpc) is 1.88. The van der Waals surface area contributed by atoms with E-state index in [1.54, 1.807) is 18.2 Å². The van der Waals surface area contributed by atoms with Crippen LogP contribution in [0.5, 0.6) is 0 Å². The maximum Gasteiger partial charge on any atom is 0.151 e. The molecule has 10 heavy (non-hydrogen) atoms. The Morgan fingerprint density at radius 3 is 2.70 bits per heavy atom. The monoisotopic (exact) mass is 266 g/mol. The first kappa shape index (κ1) is 8.01. The standard InChI is InChI=1S/C7H4ClIO/c8-6-2-1-5(4-10)7(9)3-6/h1-4H. The van der Waals surface area contributed by atoms with Gasteiger partial charge in [-0.15, -0.1) is 0 Å². The molecule has 0 saturated carbocycles. The van der Waals surface area contributed by atoms with E-state index in [1.807, 2.05) is 0 Å². The van der Waals surface area contributed by atoms with Gasteiger partial charge in [0, 0.05) is 14.2 Å². The van der Waals surface area contributed by atoms with Crippen LogP contribution in [0.3, 0.4) is 0 Å².